The standard InChI is InChI=1S/C20H23N3O2/c1-16-7-2-3-8-17(16)15-19(24)22-11-6-12-23(14-13-22)20(25)18-9-4-5-10-21-18/h2-5,7-10H,6,11-15H2,1H3. The molecule has 0 N–H and O–H groups in total. The number of hydrogen-bond donors (Lipinski definition) is 0. The van der Waals surface area contributed by atoms with Crippen molar-refractivity contribution in [2.75, 3.05) is 26.2 Å². The molecule has 0 aliphatic carbocycles. The molecule has 1 aromatic carbocycles. The van der Waals surface area contributed by atoms with Crippen LogP contribution >= 0.6 is 0 Å². The molecule has 25 heavy (non-hydrogen) atoms. The van der Waals surface area contributed by atoms with Crippen molar-refractivity contribution in [3.8, 4) is 0 Å². The molecule has 0 bridgehead atoms. The van der Waals surface area contributed by atoms with Gasteiger partial charge in [0.1, 0.15) is 5.69 Å². The molecule has 0 saturated carbocycles. The predicted octanol–water partition coefficient (Wildman–Crippen LogP) is 2.31. The summed E-state index contributed by atoms with van der Waals surface area (Å²) in [6.45, 7) is 4.50. The average Bonchev–Trinajstić information content (AvgIpc) is 2.90. The summed E-state index contributed by atoms with van der Waals surface area (Å²) in [6, 6.07) is 13.3. The van der Waals surface area contributed by atoms with Crippen LogP contribution in [-0.2, 0) is 11.2 Å². The van der Waals surface area contributed by atoms with E-state index < -0.39 is 0 Å². The predicted molar refractivity (Wildman–Crippen MR) is 96.2 cm³/mol. The third kappa shape index (κ3) is 4.24. The molecule has 1 saturated heterocycles. The number of carbonyl (C=O) groups excluding carboxylic acids is 2. The Labute approximate surface area is 148 Å². The second kappa shape index (κ2) is 7.92. The lowest BCUT2D eigenvalue weighted by atomic mass is 10.1. The molecule has 1 aliphatic rings. The van der Waals surface area contributed by atoms with Crippen LogP contribution in [0.5, 0.6) is 0 Å². The lowest BCUT2D eigenvalue weighted by Gasteiger charge is -2.22. The van der Waals surface area contributed by atoms with Gasteiger partial charge < -0.3 is 9.80 Å². The summed E-state index contributed by atoms with van der Waals surface area (Å²) in [6.07, 6.45) is 2.84. The number of pyridine rings is 1. The lowest BCUT2D eigenvalue weighted by molar-refractivity contribution is -0.130. The third-order valence-electron chi connectivity index (χ3n) is 4.62. The van der Waals surface area contributed by atoms with E-state index in [-0.39, 0.29) is 11.8 Å². The Morgan fingerprint density at radius 2 is 1.68 bits per heavy atom. The van der Waals surface area contributed by atoms with Gasteiger partial charge in [-0.3, -0.25) is 14.6 Å². The number of aromatic nitrogens is 1. The number of aryl methyl sites for hydroxylation is 1. The zero-order valence-corrected chi connectivity index (χ0v) is 14.5. The Hall–Kier alpha value is -2.69. The normalized spacial score (nSPS) is 14.9. The van der Waals surface area contributed by atoms with Gasteiger partial charge in [0.05, 0.1) is 6.42 Å². The van der Waals surface area contributed by atoms with Crippen LogP contribution in [0.1, 0.15) is 28.0 Å². The van der Waals surface area contributed by atoms with Crippen molar-refractivity contribution in [3.63, 3.8) is 0 Å². The van der Waals surface area contributed by atoms with Gasteiger partial charge >= 0.3 is 0 Å². The maximum absolute atomic E-state index is 12.6. The van der Waals surface area contributed by atoms with Crippen molar-refractivity contribution in [1.82, 2.24) is 14.8 Å². The molecule has 130 valence electrons. The van der Waals surface area contributed by atoms with Crippen molar-refractivity contribution >= 4 is 11.8 Å². The first-order chi connectivity index (χ1) is 12.1. The van der Waals surface area contributed by atoms with E-state index in [1.807, 2.05) is 42.2 Å². The summed E-state index contributed by atoms with van der Waals surface area (Å²) in [7, 11) is 0. The SMILES string of the molecule is Cc1ccccc1CC(=O)N1CCCN(C(=O)c2ccccn2)CC1. The van der Waals surface area contributed by atoms with Gasteiger partial charge in [0.15, 0.2) is 0 Å². The van der Waals surface area contributed by atoms with E-state index >= 15 is 0 Å². The summed E-state index contributed by atoms with van der Waals surface area (Å²) in [5.74, 6) is 0.0650. The van der Waals surface area contributed by atoms with Crippen LogP contribution in [0.15, 0.2) is 48.7 Å². The lowest BCUT2D eigenvalue weighted by Crippen LogP contribution is -2.38. The molecule has 2 amide bonds. The molecule has 1 fully saturated rings. The molecule has 5 heteroatoms. The van der Waals surface area contributed by atoms with Crippen LogP contribution < -0.4 is 0 Å². The number of benzene rings is 1. The van der Waals surface area contributed by atoms with Gasteiger partial charge in [0.25, 0.3) is 5.91 Å². The first-order valence-corrected chi connectivity index (χ1v) is 8.68. The van der Waals surface area contributed by atoms with E-state index in [1.165, 1.54) is 0 Å². The highest BCUT2D eigenvalue weighted by atomic mass is 16.2. The second-order valence-corrected chi connectivity index (χ2v) is 6.34. The van der Waals surface area contributed by atoms with Crippen LogP contribution in [0.2, 0.25) is 0 Å². The maximum atomic E-state index is 12.6. The summed E-state index contributed by atoms with van der Waals surface area (Å²) in [5.41, 5.74) is 2.66. The van der Waals surface area contributed by atoms with E-state index in [1.54, 1.807) is 23.2 Å². The molecule has 1 aromatic heterocycles. The second-order valence-electron chi connectivity index (χ2n) is 6.34. The third-order valence-corrected chi connectivity index (χ3v) is 4.62. The molecular weight excluding hydrogens is 314 g/mol. The monoisotopic (exact) mass is 337 g/mol. The van der Waals surface area contributed by atoms with Gasteiger partial charge in [0, 0.05) is 32.4 Å². The molecule has 2 aromatic rings. The van der Waals surface area contributed by atoms with Gasteiger partial charge in [-0.2, -0.15) is 0 Å². The topological polar surface area (TPSA) is 53.5 Å². The molecule has 0 atom stereocenters. The molecule has 0 radical (unpaired) electrons. The highest BCUT2D eigenvalue weighted by molar-refractivity contribution is 5.92. The zero-order valence-electron chi connectivity index (χ0n) is 14.5. The Balaban J connectivity index is 1.60. The minimum atomic E-state index is -0.0613. The minimum Gasteiger partial charge on any atom is -0.341 e. The van der Waals surface area contributed by atoms with E-state index in [0.29, 0.717) is 38.3 Å². The van der Waals surface area contributed by atoms with Crippen molar-refractivity contribution in [2.45, 2.75) is 19.8 Å². The number of rotatable bonds is 3. The van der Waals surface area contributed by atoms with Crippen LogP contribution in [0.4, 0.5) is 0 Å². The largest absolute Gasteiger partial charge is 0.341 e. The average molecular weight is 337 g/mol. The Morgan fingerprint density at radius 1 is 0.960 bits per heavy atom. The highest BCUT2D eigenvalue weighted by Crippen LogP contribution is 2.12. The van der Waals surface area contributed by atoms with Crippen LogP contribution in [0.25, 0.3) is 0 Å². The van der Waals surface area contributed by atoms with E-state index in [4.69, 9.17) is 0 Å². The smallest absolute Gasteiger partial charge is 0.272 e. The van der Waals surface area contributed by atoms with Gasteiger partial charge in [0.2, 0.25) is 5.91 Å². The maximum Gasteiger partial charge on any atom is 0.272 e. The molecule has 5 nitrogen and oxygen atoms in total. The number of hydrogen-bond acceptors (Lipinski definition) is 3. The molecule has 3 rings (SSSR count). The fourth-order valence-electron chi connectivity index (χ4n) is 3.10. The number of carbonyl (C=O) groups is 2. The van der Waals surface area contributed by atoms with Gasteiger partial charge in [-0.1, -0.05) is 30.3 Å². The molecule has 0 spiro atoms. The van der Waals surface area contributed by atoms with Gasteiger partial charge in [-0.25, -0.2) is 0 Å². The summed E-state index contributed by atoms with van der Waals surface area (Å²) in [4.78, 5) is 33.0. The van der Waals surface area contributed by atoms with Crippen molar-refractivity contribution < 1.29 is 9.59 Å². The molecule has 1 aliphatic heterocycles. The minimum absolute atomic E-state index is 0.0613. The van der Waals surface area contributed by atoms with E-state index in [0.717, 1.165) is 17.5 Å². The molecular formula is C20H23N3O2. The van der Waals surface area contributed by atoms with Crippen LogP contribution in [-0.4, -0.2) is 52.8 Å². The van der Waals surface area contributed by atoms with Crippen molar-refractivity contribution in [1.29, 1.82) is 0 Å². The number of amides is 2. The quantitative estimate of drug-likeness (QED) is 0.864. The summed E-state index contributed by atoms with van der Waals surface area (Å²) in [5, 5.41) is 0. The summed E-state index contributed by atoms with van der Waals surface area (Å²) >= 11 is 0. The molecule has 2 heterocycles. The summed E-state index contributed by atoms with van der Waals surface area (Å²) < 4.78 is 0. The Kier molecular flexibility index (Phi) is 5.43. The van der Waals surface area contributed by atoms with Crippen molar-refractivity contribution in [3.05, 3.63) is 65.5 Å². The van der Waals surface area contributed by atoms with Crippen LogP contribution in [0.3, 0.4) is 0 Å². The van der Waals surface area contributed by atoms with E-state index in [2.05, 4.69) is 4.98 Å². The number of nitrogens with zero attached hydrogens (tertiary/aromatic N) is 3. The highest BCUT2D eigenvalue weighted by Gasteiger charge is 2.23. The van der Waals surface area contributed by atoms with Crippen molar-refractivity contribution in [2.24, 2.45) is 0 Å². The Morgan fingerprint density at radius 3 is 2.44 bits per heavy atom. The van der Waals surface area contributed by atoms with E-state index in [9.17, 15) is 9.59 Å². The fourth-order valence-corrected chi connectivity index (χ4v) is 3.10. The van der Waals surface area contributed by atoms with Gasteiger partial charge in [-0.05, 0) is 36.6 Å². The Bertz CT molecular complexity index is 746. The first kappa shape index (κ1) is 17.1. The van der Waals surface area contributed by atoms with Crippen LogP contribution in [0, 0.1) is 6.92 Å². The first-order valence-electron chi connectivity index (χ1n) is 8.68. The zero-order chi connectivity index (χ0) is 17.6. The van der Waals surface area contributed by atoms with Gasteiger partial charge in [-0.15, -0.1) is 0 Å². The fraction of sp³-hybridized carbons (Fsp3) is 0.350. The molecule has 0 unspecified atom stereocenters.